The maximum absolute atomic E-state index is 12.4. The first-order chi connectivity index (χ1) is 8.11. The van der Waals surface area contributed by atoms with Crippen LogP contribution in [0.2, 0.25) is 0 Å². The van der Waals surface area contributed by atoms with E-state index in [2.05, 4.69) is 4.74 Å². The van der Waals surface area contributed by atoms with E-state index in [1.165, 1.54) is 0 Å². The van der Waals surface area contributed by atoms with E-state index in [0.717, 1.165) is 6.42 Å². The van der Waals surface area contributed by atoms with E-state index in [0.29, 0.717) is 12.8 Å². The molecule has 0 aromatic heterocycles. The second kappa shape index (κ2) is 5.24. The van der Waals surface area contributed by atoms with Crippen molar-refractivity contribution >= 4 is 0 Å². The fraction of sp³-hybridized carbons (Fsp3) is 1.00. The van der Waals surface area contributed by atoms with Crippen LogP contribution in [-0.4, -0.2) is 30.6 Å². The number of hydrogen-bond acceptors (Lipinski definition) is 2. The van der Waals surface area contributed by atoms with Gasteiger partial charge in [-0.3, -0.25) is 0 Å². The molecule has 0 aromatic carbocycles. The summed E-state index contributed by atoms with van der Waals surface area (Å²) in [6, 6.07) is 0. The lowest BCUT2D eigenvalue weighted by molar-refractivity contribution is -0.346. The number of rotatable bonds is 3. The summed E-state index contributed by atoms with van der Waals surface area (Å²) in [5.74, 6) is 0. The number of hydrogen-bond donors (Lipinski definition) is 1. The third-order valence-corrected chi connectivity index (χ3v) is 3.10. The number of halogens is 6. The van der Waals surface area contributed by atoms with Crippen molar-refractivity contribution in [3.63, 3.8) is 0 Å². The summed E-state index contributed by atoms with van der Waals surface area (Å²) in [5, 5.41) is 0. The van der Waals surface area contributed by atoms with E-state index >= 15 is 0 Å². The van der Waals surface area contributed by atoms with E-state index in [9.17, 15) is 26.3 Å². The van der Waals surface area contributed by atoms with Crippen molar-refractivity contribution in [3.05, 3.63) is 0 Å². The van der Waals surface area contributed by atoms with Gasteiger partial charge in [0.25, 0.3) is 0 Å². The monoisotopic (exact) mass is 279 g/mol. The zero-order chi connectivity index (χ0) is 14.0. The third-order valence-electron chi connectivity index (χ3n) is 3.10. The Labute approximate surface area is 100 Å². The minimum absolute atomic E-state index is 0.131. The first-order valence-electron chi connectivity index (χ1n) is 5.62. The van der Waals surface area contributed by atoms with Crippen LogP contribution in [0, 0.1) is 0 Å². The molecule has 0 aromatic rings. The summed E-state index contributed by atoms with van der Waals surface area (Å²) in [4.78, 5) is 0. The van der Waals surface area contributed by atoms with E-state index in [-0.39, 0.29) is 19.4 Å². The number of ether oxygens (including phenoxy) is 1. The molecule has 0 spiro atoms. The summed E-state index contributed by atoms with van der Waals surface area (Å²) < 4.78 is 78.7. The summed E-state index contributed by atoms with van der Waals surface area (Å²) in [5.41, 5.74) is 3.81. The molecule has 1 fully saturated rings. The molecular weight excluding hydrogens is 264 g/mol. The Hall–Kier alpha value is -0.500. The highest BCUT2D eigenvalue weighted by Gasteiger charge is 2.60. The average Bonchev–Trinajstić information content (AvgIpc) is 2.24. The molecule has 0 amide bonds. The van der Waals surface area contributed by atoms with Gasteiger partial charge in [0.05, 0.1) is 5.60 Å². The van der Waals surface area contributed by atoms with Crippen LogP contribution in [0.5, 0.6) is 0 Å². The van der Waals surface area contributed by atoms with Crippen molar-refractivity contribution in [2.45, 2.75) is 56.2 Å². The highest BCUT2D eigenvalue weighted by atomic mass is 19.4. The molecule has 2 nitrogen and oxygen atoms in total. The smallest absolute Gasteiger partial charge is 0.353 e. The van der Waals surface area contributed by atoms with Crippen molar-refractivity contribution in [2.24, 2.45) is 5.73 Å². The van der Waals surface area contributed by atoms with Crippen molar-refractivity contribution in [1.29, 1.82) is 0 Å². The molecular formula is C10H15F6NO. The Balaban J connectivity index is 2.88. The minimum Gasteiger partial charge on any atom is -0.353 e. The van der Waals surface area contributed by atoms with Crippen LogP contribution in [0.1, 0.15) is 32.1 Å². The van der Waals surface area contributed by atoms with Gasteiger partial charge in [-0.15, -0.1) is 0 Å². The largest absolute Gasteiger partial charge is 0.423 e. The molecule has 0 radical (unpaired) electrons. The molecule has 1 aliphatic carbocycles. The van der Waals surface area contributed by atoms with Crippen LogP contribution in [0.4, 0.5) is 26.3 Å². The molecule has 0 saturated heterocycles. The topological polar surface area (TPSA) is 35.2 Å². The molecule has 0 atom stereocenters. The summed E-state index contributed by atoms with van der Waals surface area (Å²) >= 11 is 0. The van der Waals surface area contributed by atoms with Gasteiger partial charge in [-0.1, -0.05) is 19.3 Å². The quantitative estimate of drug-likeness (QED) is 0.805. The predicted octanol–water partition coefficient (Wildman–Crippen LogP) is 3.16. The molecule has 1 rings (SSSR count). The van der Waals surface area contributed by atoms with Gasteiger partial charge in [0.1, 0.15) is 0 Å². The van der Waals surface area contributed by atoms with E-state index < -0.39 is 24.1 Å². The number of alkyl halides is 6. The Morgan fingerprint density at radius 2 is 1.39 bits per heavy atom. The van der Waals surface area contributed by atoms with Crippen molar-refractivity contribution in [3.8, 4) is 0 Å². The van der Waals surface area contributed by atoms with Crippen molar-refractivity contribution in [2.75, 3.05) is 6.54 Å². The first kappa shape index (κ1) is 15.6. The average molecular weight is 279 g/mol. The van der Waals surface area contributed by atoms with Gasteiger partial charge < -0.3 is 10.5 Å². The molecule has 1 aliphatic rings. The van der Waals surface area contributed by atoms with Crippen LogP contribution in [0.15, 0.2) is 0 Å². The summed E-state index contributed by atoms with van der Waals surface area (Å²) in [6.45, 7) is -0.338. The van der Waals surface area contributed by atoms with Crippen LogP contribution in [-0.2, 0) is 4.74 Å². The zero-order valence-electron chi connectivity index (χ0n) is 9.57. The van der Waals surface area contributed by atoms with Gasteiger partial charge in [0, 0.05) is 6.54 Å². The van der Waals surface area contributed by atoms with Crippen molar-refractivity contribution in [1.82, 2.24) is 0 Å². The molecule has 1 saturated carbocycles. The molecule has 108 valence electrons. The summed E-state index contributed by atoms with van der Waals surface area (Å²) in [7, 11) is 0. The van der Waals surface area contributed by atoms with Crippen LogP contribution in [0.25, 0.3) is 0 Å². The fourth-order valence-corrected chi connectivity index (χ4v) is 2.14. The molecule has 0 heterocycles. The SMILES string of the molecule is NCC1(OC(C(F)(F)F)C(F)(F)F)CCCCC1. The Bertz CT molecular complexity index is 255. The maximum Gasteiger partial charge on any atom is 0.423 e. The molecule has 0 bridgehead atoms. The van der Waals surface area contributed by atoms with Crippen LogP contribution < -0.4 is 5.73 Å². The zero-order valence-corrected chi connectivity index (χ0v) is 9.57. The highest BCUT2D eigenvalue weighted by Crippen LogP contribution is 2.41. The van der Waals surface area contributed by atoms with Crippen LogP contribution in [0.3, 0.4) is 0 Å². The normalized spacial score (nSPS) is 21.3. The van der Waals surface area contributed by atoms with Gasteiger partial charge in [-0.25, -0.2) is 0 Å². The Morgan fingerprint density at radius 1 is 0.944 bits per heavy atom. The fourth-order valence-electron chi connectivity index (χ4n) is 2.14. The van der Waals surface area contributed by atoms with E-state index in [4.69, 9.17) is 5.73 Å². The first-order valence-corrected chi connectivity index (χ1v) is 5.62. The third kappa shape index (κ3) is 3.74. The van der Waals surface area contributed by atoms with Gasteiger partial charge >= 0.3 is 12.4 Å². The van der Waals surface area contributed by atoms with E-state index in [1.807, 2.05) is 0 Å². The lowest BCUT2D eigenvalue weighted by atomic mass is 9.84. The van der Waals surface area contributed by atoms with Gasteiger partial charge in [0.2, 0.25) is 6.10 Å². The molecule has 0 unspecified atom stereocenters. The van der Waals surface area contributed by atoms with Crippen LogP contribution >= 0.6 is 0 Å². The van der Waals surface area contributed by atoms with Crippen molar-refractivity contribution < 1.29 is 31.1 Å². The summed E-state index contributed by atoms with van der Waals surface area (Å²) in [6.07, 6.45) is -12.6. The molecule has 8 heteroatoms. The van der Waals surface area contributed by atoms with Gasteiger partial charge in [-0.05, 0) is 12.8 Å². The molecule has 18 heavy (non-hydrogen) atoms. The van der Waals surface area contributed by atoms with Gasteiger partial charge in [0.15, 0.2) is 0 Å². The highest BCUT2D eigenvalue weighted by molar-refractivity contribution is 4.89. The van der Waals surface area contributed by atoms with Gasteiger partial charge in [-0.2, -0.15) is 26.3 Å². The standard InChI is InChI=1S/C10H15F6NO/c11-9(12,13)7(10(14,15)16)18-8(6-17)4-2-1-3-5-8/h7H,1-6,17H2. The maximum atomic E-state index is 12.4. The Kier molecular flexibility index (Phi) is 4.53. The van der Waals surface area contributed by atoms with E-state index in [1.54, 1.807) is 0 Å². The lowest BCUT2D eigenvalue weighted by Gasteiger charge is -2.40. The second-order valence-corrected chi connectivity index (χ2v) is 4.53. The molecule has 0 aliphatic heterocycles. The number of nitrogens with two attached hydrogens (primary N) is 1. The minimum atomic E-state index is -5.47. The predicted molar refractivity (Wildman–Crippen MR) is 51.9 cm³/mol. The lowest BCUT2D eigenvalue weighted by Crippen LogP contribution is -2.53. The molecule has 2 N–H and O–H groups in total. The Morgan fingerprint density at radius 3 is 1.72 bits per heavy atom. The second-order valence-electron chi connectivity index (χ2n) is 4.53.